The van der Waals surface area contributed by atoms with Crippen molar-refractivity contribution in [2.24, 2.45) is 0 Å². The van der Waals surface area contributed by atoms with Gasteiger partial charge in [0.15, 0.2) is 17.5 Å². The average Bonchev–Trinajstić information content (AvgIpc) is 4.15. The lowest BCUT2D eigenvalue weighted by molar-refractivity contribution is 0.666. The van der Waals surface area contributed by atoms with Crippen LogP contribution in [0.15, 0.2) is 233 Å². The van der Waals surface area contributed by atoms with Gasteiger partial charge in [-0.1, -0.05) is 164 Å². The van der Waals surface area contributed by atoms with Gasteiger partial charge in [0.1, 0.15) is 22.3 Å². The summed E-state index contributed by atoms with van der Waals surface area (Å²) in [5.74, 6) is 1.78. The van der Waals surface area contributed by atoms with Crippen molar-refractivity contribution in [3.8, 4) is 78.7 Å². The molecule has 0 bridgehead atoms. The molecule has 2 aliphatic carbocycles. The molecule has 3 heterocycles. The monoisotopic (exact) mass is 879 g/mol. The Morgan fingerprint density at radius 2 is 0.797 bits per heavy atom. The molecule has 5 nitrogen and oxygen atoms in total. The molecule has 2 aliphatic rings. The Balaban J connectivity index is 0.994. The zero-order chi connectivity index (χ0) is 45.2. The fourth-order valence-electron chi connectivity index (χ4n) is 11.6. The first kappa shape index (κ1) is 38.0. The highest BCUT2D eigenvalue weighted by Gasteiger charge is 2.53. The second-order valence-electron chi connectivity index (χ2n) is 18.2. The van der Waals surface area contributed by atoms with Crippen LogP contribution < -0.4 is 0 Å². The number of hydrogen-bond donors (Lipinski definition) is 0. The van der Waals surface area contributed by atoms with Crippen molar-refractivity contribution in [3.63, 3.8) is 0 Å². The fraction of sp³-hybridized carbons (Fsp3) is 0.0156. The second kappa shape index (κ2) is 14.4. The van der Waals surface area contributed by atoms with Gasteiger partial charge in [0, 0.05) is 38.2 Å². The standard InChI is InChI=1S/C64H37N3O2/c1-4-16-38(17-5-1)42-32-43(39-18-6-2-7-19-39)34-44(33-42)63-66-61(40-20-8-3-9-21-40)65-62(67-63)41-28-30-56-51(35-41)59-57(68-56)31-29-48-49-36-50-47-24-12-15-27-55(47)69-58(50)37-54(49)64(60(48)59)52-25-13-10-22-45(52)46-23-11-14-26-53(46)64/h1-37H. The van der Waals surface area contributed by atoms with E-state index in [2.05, 4.69) is 188 Å². The molecule has 3 aromatic heterocycles. The predicted octanol–water partition coefficient (Wildman–Crippen LogP) is 16.3. The van der Waals surface area contributed by atoms with Gasteiger partial charge in [-0.05, 0) is 127 Å². The molecule has 0 unspecified atom stereocenters. The van der Waals surface area contributed by atoms with Gasteiger partial charge in [0.05, 0.1) is 5.41 Å². The summed E-state index contributed by atoms with van der Waals surface area (Å²) < 4.78 is 13.6. The average molecular weight is 880 g/mol. The number of rotatable bonds is 5. The summed E-state index contributed by atoms with van der Waals surface area (Å²) in [6, 6.07) is 79.5. The SMILES string of the molecule is c1ccc(-c2cc(-c3ccccc3)cc(-c3nc(-c4ccccc4)nc(-c4ccc5oc6ccc7c(c6c5c4)C4(c5ccccc5-c5ccccc54)c4cc5oc6ccccc6c5cc4-7)n3)c2)cc1. The van der Waals surface area contributed by atoms with E-state index < -0.39 is 5.41 Å². The Kier molecular flexibility index (Phi) is 7.93. The zero-order valence-corrected chi connectivity index (χ0v) is 37.0. The number of nitrogens with zero attached hydrogens (tertiary/aromatic N) is 3. The van der Waals surface area contributed by atoms with Gasteiger partial charge in [-0.2, -0.15) is 0 Å². The first-order chi connectivity index (χ1) is 34.2. The van der Waals surface area contributed by atoms with Crippen LogP contribution in [0, 0.1) is 0 Å². The predicted molar refractivity (Wildman–Crippen MR) is 278 cm³/mol. The number of benzene rings is 10. The minimum absolute atomic E-state index is 0.579. The van der Waals surface area contributed by atoms with Crippen LogP contribution in [0.3, 0.4) is 0 Å². The molecule has 0 fully saturated rings. The summed E-state index contributed by atoms with van der Waals surface area (Å²) in [5, 5.41) is 4.30. The Labute approximate surface area is 396 Å². The highest BCUT2D eigenvalue weighted by molar-refractivity contribution is 6.16. The van der Waals surface area contributed by atoms with E-state index >= 15 is 0 Å². The number of para-hydroxylation sites is 1. The number of hydrogen-bond acceptors (Lipinski definition) is 5. The topological polar surface area (TPSA) is 65.0 Å². The van der Waals surface area contributed by atoms with E-state index in [9.17, 15) is 0 Å². The lowest BCUT2D eigenvalue weighted by Gasteiger charge is -2.31. The summed E-state index contributed by atoms with van der Waals surface area (Å²) in [4.78, 5) is 15.8. The van der Waals surface area contributed by atoms with E-state index in [-0.39, 0.29) is 0 Å². The molecule has 15 rings (SSSR count). The third kappa shape index (κ3) is 5.50. The largest absolute Gasteiger partial charge is 0.456 e. The van der Waals surface area contributed by atoms with Crippen molar-refractivity contribution < 1.29 is 8.83 Å². The van der Waals surface area contributed by atoms with Crippen LogP contribution in [-0.2, 0) is 5.41 Å². The highest BCUT2D eigenvalue weighted by Crippen LogP contribution is 2.65. The van der Waals surface area contributed by atoms with E-state index in [4.69, 9.17) is 23.8 Å². The zero-order valence-electron chi connectivity index (χ0n) is 37.0. The van der Waals surface area contributed by atoms with Crippen LogP contribution in [0.4, 0.5) is 0 Å². The van der Waals surface area contributed by atoms with Crippen molar-refractivity contribution in [3.05, 3.63) is 247 Å². The van der Waals surface area contributed by atoms with Crippen LogP contribution in [-0.4, -0.2) is 15.0 Å². The normalized spacial score (nSPS) is 13.0. The fourth-order valence-corrected chi connectivity index (χ4v) is 11.6. The van der Waals surface area contributed by atoms with E-state index in [1.807, 2.05) is 36.4 Å². The maximum absolute atomic E-state index is 6.89. The van der Waals surface area contributed by atoms with Crippen LogP contribution in [0.25, 0.3) is 123 Å². The van der Waals surface area contributed by atoms with Crippen LogP contribution in [0.5, 0.6) is 0 Å². The van der Waals surface area contributed by atoms with Gasteiger partial charge in [-0.25, -0.2) is 15.0 Å². The molecule has 0 N–H and O–H groups in total. The molecule has 10 aromatic carbocycles. The summed E-state index contributed by atoms with van der Waals surface area (Å²) in [7, 11) is 0. The van der Waals surface area contributed by atoms with Gasteiger partial charge in [-0.3, -0.25) is 0 Å². The van der Waals surface area contributed by atoms with Crippen LogP contribution >= 0.6 is 0 Å². The number of aromatic nitrogens is 3. The summed E-state index contributed by atoms with van der Waals surface area (Å²) in [5.41, 5.74) is 19.6. The van der Waals surface area contributed by atoms with Crippen molar-refractivity contribution in [1.29, 1.82) is 0 Å². The lowest BCUT2D eigenvalue weighted by atomic mass is 9.69. The van der Waals surface area contributed by atoms with Crippen molar-refractivity contribution in [2.75, 3.05) is 0 Å². The molecule has 69 heavy (non-hydrogen) atoms. The number of fused-ring (bicyclic) bond motifs is 17. The minimum Gasteiger partial charge on any atom is -0.456 e. The molecule has 0 radical (unpaired) electrons. The molecule has 320 valence electrons. The molecule has 1 spiro atoms. The minimum atomic E-state index is -0.654. The van der Waals surface area contributed by atoms with E-state index in [1.165, 1.54) is 44.5 Å². The summed E-state index contributed by atoms with van der Waals surface area (Å²) in [6.45, 7) is 0. The Hall–Kier alpha value is -9.19. The molecular weight excluding hydrogens is 843 g/mol. The summed E-state index contributed by atoms with van der Waals surface area (Å²) >= 11 is 0. The van der Waals surface area contributed by atoms with Crippen molar-refractivity contribution >= 4 is 43.9 Å². The second-order valence-corrected chi connectivity index (χ2v) is 18.2. The maximum Gasteiger partial charge on any atom is 0.164 e. The molecule has 13 aromatic rings. The van der Waals surface area contributed by atoms with Crippen molar-refractivity contribution in [1.82, 2.24) is 15.0 Å². The molecule has 0 saturated heterocycles. The molecule has 5 heteroatoms. The molecule has 0 atom stereocenters. The van der Waals surface area contributed by atoms with Gasteiger partial charge in [0.25, 0.3) is 0 Å². The quantitative estimate of drug-likeness (QED) is 0.172. The molecule has 0 aliphatic heterocycles. The van der Waals surface area contributed by atoms with E-state index in [0.29, 0.717) is 17.5 Å². The van der Waals surface area contributed by atoms with E-state index in [1.54, 1.807) is 0 Å². The smallest absolute Gasteiger partial charge is 0.164 e. The Morgan fingerprint density at radius 1 is 0.275 bits per heavy atom. The van der Waals surface area contributed by atoms with Gasteiger partial charge < -0.3 is 8.83 Å². The van der Waals surface area contributed by atoms with Crippen LogP contribution in [0.1, 0.15) is 22.3 Å². The Morgan fingerprint density at radius 3 is 1.48 bits per heavy atom. The number of furan rings is 2. The van der Waals surface area contributed by atoms with Gasteiger partial charge >= 0.3 is 0 Å². The maximum atomic E-state index is 6.89. The van der Waals surface area contributed by atoms with Gasteiger partial charge in [-0.15, -0.1) is 0 Å². The molecular formula is C64H37N3O2. The summed E-state index contributed by atoms with van der Waals surface area (Å²) in [6.07, 6.45) is 0. The first-order valence-electron chi connectivity index (χ1n) is 23.4. The lowest BCUT2D eigenvalue weighted by Crippen LogP contribution is -2.26. The molecule has 0 saturated carbocycles. The van der Waals surface area contributed by atoms with Gasteiger partial charge in [0.2, 0.25) is 0 Å². The third-order valence-corrected chi connectivity index (χ3v) is 14.5. The highest BCUT2D eigenvalue weighted by atomic mass is 16.3. The van der Waals surface area contributed by atoms with Crippen LogP contribution in [0.2, 0.25) is 0 Å². The Bertz CT molecular complexity index is 4140. The third-order valence-electron chi connectivity index (χ3n) is 14.5. The van der Waals surface area contributed by atoms with E-state index in [0.717, 1.165) is 82.8 Å². The molecule has 0 amide bonds. The first-order valence-corrected chi connectivity index (χ1v) is 23.4. The van der Waals surface area contributed by atoms with Crippen molar-refractivity contribution in [2.45, 2.75) is 5.41 Å².